The van der Waals surface area contributed by atoms with Gasteiger partial charge in [-0.15, -0.1) is 0 Å². The topological polar surface area (TPSA) is 111 Å². The minimum atomic E-state index is -0.538. The zero-order chi connectivity index (χ0) is 15.4. The van der Waals surface area contributed by atoms with Gasteiger partial charge in [-0.3, -0.25) is 19.3 Å². The molecule has 1 saturated heterocycles. The minimum Gasteiger partial charge on any atom is -0.497 e. The predicted octanol–water partition coefficient (Wildman–Crippen LogP) is -0.399. The lowest BCUT2D eigenvalue weighted by atomic mass is 10.2. The molecule has 1 heterocycles. The lowest BCUT2D eigenvalue weighted by Crippen LogP contribution is -2.49. The lowest BCUT2D eigenvalue weighted by Gasteiger charge is -2.24. The standard InChI is InChI=1S/C13H15N3O5/c1-20-8-2-3-10(9(14)4-8)15-11(17)5-16-12(18)6-21-7-13(16)19/h2-4H,5-7,14H2,1H3,(H,15,17). The van der Waals surface area contributed by atoms with Crippen LogP contribution in [0.1, 0.15) is 0 Å². The van der Waals surface area contributed by atoms with E-state index in [1.165, 1.54) is 7.11 Å². The summed E-state index contributed by atoms with van der Waals surface area (Å²) in [6.07, 6.45) is 0. The van der Waals surface area contributed by atoms with Crippen LogP contribution in [0, 0.1) is 0 Å². The Balaban J connectivity index is 2.01. The van der Waals surface area contributed by atoms with Gasteiger partial charge in [0.1, 0.15) is 25.5 Å². The van der Waals surface area contributed by atoms with Gasteiger partial charge in [0.25, 0.3) is 11.8 Å². The normalized spacial score (nSPS) is 15.0. The van der Waals surface area contributed by atoms with E-state index in [1.54, 1.807) is 18.2 Å². The van der Waals surface area contributed by atoms with Gasteiger partial charge < -0.3 is 20.5 Å². The molecule has 8 heteroatoms. The number of hydrogen-bond donors (Lipinski definition) is 2. The largest absolute Gasteiger partial charge is 0.497 e. The number of morpholine rings is 1. The van der Waals surface area contributed by atoms with Gasteiger partial charge >= 0.3 is 0 Å². The number of nitrogens with zero attached hydrogens (tertiary/aromatic N) is 1. The maximum Gasteiger partial charge on any atom is 0.255 e. The molecule has 8 nitrogen and oxygen atoms in total. The second-order valence-corrected chi connectivity index (χ2v) is 4.37. The number of imide groups is 1. The van der Waals surface area contributed by atoms with Crippen molar-refractivity contribution in [1.82, 2.24) is 4.90 Å². The molecular weight excluding hydrogens is 278 g/mol. The van der Waals surface area contributed by atoms with E-state index >= 15 is 0 Å². The molecule has 3 amide bonds. The fourth-order valence-electron chi connectivity index (χ4n) is 1.81. The molecule has 3 N–H and O–H groups in total. The van der Waals surface area contributed by atoms with E-state index in [2.05, 4.69) is 5.32 Å². The smallest absolute Gasteiger partial charge is 0.255 e. The molecular formula is C13H15N3O5. The summed E-state index contributed by atoms with van der Waals surface area (Å²) < 4.78 is 9.76. The van der Waals surface area contributed by atoms with E-state index in [0.29, 0.717) is 17.1 Å². The number of ether oxygens (including phenoxy) is 2. The second-order valence-electron chi connectivity index (χ2n) is 4.37. The summed E-state index contributed by atoms with van der Waals surface area (Å²) in [6.45, 7) is -0.778. The highest BCUT2D eigenvalue weighted by Crippen LogP contribution is 2.23. The Kier molecular flexibility index (Phi) is 4.39. The summed E-state index contributed by atoms with van der Waals surface area (Å²) in [5.41, 5.74) is 6.48. The van der Waals surface area contributed by atoms with E-state index < -0.39 is 17.7 Å². The van der Waals surface area contributed by atoms with Crippen molar-refractivity contribution < 1.29 is 23.9 Å². The van der Waals surface area contributed by atoms with Crippen LogP contribution < -0.4 is 15.8 Å². The Morgan fingerprint density at radius 3 is 2.62 bits per heavy atom. The minimum absolute atomic E-state index is 0.205. The third-order valence-corrected chi connectivity index (χ3v) is 2.89. The first-order chi connectivity index (χ1) is 10.0. The fraction of sp³-hybridized carbons (Fsp3) is 0.308. The number of carbonyl (C=O) groups is 3. The summed E-state index contributed by atoms with van der Waals surface area (Å²) >= 11 is 0. The monoisotopic (exact) mass is 293 g/mol. The van der Waals surface area contributed by atoms with Crippen LogP contribution in [0.25, 0.3) is 0 Å². The predicted molar refractivity (Wildman–Crippen MR) is 73.6 cm³/mol. The van der Waals surface area contributed by atoms with Crippen molar-refractivity contribution in [2.45, 2.75) is 0 Å². The number of nitrogens with one attached hydrogen (secondary N) is 1. The number of methoxy groups -OCH3 is 1. The third kappa shape index (κ3) is 3.48. The number of hydrogen-bond acceptors (Lipinski definition) is 6. The van der Waals surface area contributed by atoms with Gasteiger partial charge in [-0.1, -0.05) is 0 Å². The summed E-state index contributed by atoms with van der Waals surface area (Å²) in [7, 11) is 1.50. The summed E-state index contributed by atoms with van der Waals surface area (Å²) in [4.78, 5) is 35.8. The summed E-state index contributed by atoms with van der Waals surface area (Å²) in [6, 6.07) is 4.77. The van der Waals surface area contributed by atoms with Crippen LogP contribution in [-0.2, 0) is 19.1 Å². The highest BCUT2D eigenvalue weighted by Gasteiger charge is 2.28. The van der Waals surface area contributed by atoms with Gasteiger partial charge in [-0.25, -0.2) is 0 Å². The lowest BCUT2D eigenvalue weighted by molar-refractivity contribution is -0.159. The van der Waals surface area contributed by atoms with E-state index in [9.17, 15) is 14.4 Å². The zero-order valence-electron chi connectivity index (χ0n) is 11.4. The van der Waals surface area contributed by atoms with E-state index in [4.69, 9.17) is 15.2 Å². The van der Waals surface area contributed by atoms with Gasteiger partial charge in [0.05, 0.1) is 18.5 Å². The molecule has 1 aliphatic heterocycles. The van der Waals surface area contributed by atoms with Crippen LogP contribution in [0.4, 0.5) is 11.4 Å². The first kappa shape index (κ1) is 14.8. The molecule has 1 aromatic carbocycles. The van der Waals surface area contributed by atoms with Crippen LogP contribution in [0.2, 0.25) is 0 Å². The molecule has 1 aliphatic rings. The van der Waals surface area contributed by atoms with E-state index in [0.717, 1.165) is 4.90 Å². The highest BCUT2D eigenvalue weighted by atomic mass is 16.5. The number of benzene rings is 1. The van der Waals surface area contributed by atoms with Gasteiger partial charge in [-0.05, 0) is 12.1 Å². The molecule has 0 radical (unpaired) electrons. The zero-order valence-corrected chi connectivity index (χ0v) is 11.4. The Morgan fingerprint density at radius 1 is 1.38 bits per heavy atom. The number of nitrogen functional groups attached to an aromatic ring is 1. The van der Waals surface area contributed by atoms with Crippen molar-refractivity contribution in [1.29, 1.82) is 0 Å². The Morgan fingerprint density at radius 2 is 2.05 bits per heavy atom. The number of carbonyl (C=O) groups excluding carboxylic acids is 3. The molecule has 112 valence electrons. The molecule has 0 aromatic heterocycles. The number of nitrogens with two attached hydrogens (primary N) is 1. The average molecular weight is 293 g/mol. The fourth-order valence-corrected chi connectivity index (χ4v) is 1.81. The van der Waals surface area contributed by atoms with Crippen molar-refractivity contribution in [3.05, 3.63) is 18.2 Å². The van der Waals surface area contributed by atoms with Gasteiger partial charge in [0, 0.05) is 6.07 Å². The van der Waals surface area contributed by atoms with E-state index in [-0.39, 0.29) is 19.8 Å². The summed E-state index contributed by atoms with van der Waals surface area (Å²) in [5, 5.41) is 2.54. The highest BCUT2D eigenvalue weighted by molar-refractivity contribution is 6.04. The Labute approximate surface area is 120 Å². The second kappa shape index (κ2) is 6.23. The van der Waals surface area contributed by atoms with Crippen LogP contribution in [0.15, 0.2) is 18.2 Å². The summed E-state index contributed by atoms with van der Waals surface area (Å²) in [5.74, 6) is -1.03. The maximum atomic E-state index is 11.9. The molecule has 1 fully saturated rings. The van der Waals surface area contributed by atoms with Crippen molar-refractivity contribution >= 4 is 29.1 Å². The van der Waals surface area contributed by atoms with Crippen molar-refractivity contribution in [2.24, 2.45) is 0 Å². The van der Waals surface area contributed by atoms with Crippen LogP contribution >= 0.6 is 0 Å². The van der Waals surface area contributed by atoms with Crippen LogP contribution in [0.5, 0.6) is 5.75 Å². The molecule has 21 heavy (non-hydrogen) atoms. The SMILES string of the molecule is COc1ccc(NC(=O)CN2C(=O)COCC2=O)c(N)c1. The van der Waals surface area contributed by atoms with Gasteiger partial charge in [-0.2, -0.15) is 0 Å². The van der Waals surface area contributed by atoms with Crippen molar-refractivity contribution in [2.75, 3.05) is 37.9 Å². The number of rotatable bonds is 4. The molecule has 0 spiro atoms. The molecule has 1 aromatic rings. The van der Waals surface area contributed by atoms with Crippen molar-refractivity contribution in [3.63, 3.8) is 0 Å². The van der Waals surface area contributed by atoms with Crippen LogP contribution in [-0.4, -0.2) is 49.5 Å². The van der Waals surface area contributed by atoms with Gasteiger partial charge in [0.2, 0.25) is 5.91 Å². The molecule has 2 rings (SSSR count). The average Bonchev–Trinajstić information content (AvgIpc) is 2.45. The maximum absolute atomic E-state index is 11.9. The molecule has 0 bridgehead atoms. The first-order valence-corrected chi connectivity index (χ1v) is 6.15. The quantitative estimate of drug-likeness (QED) is 0.577. The third-order valence-electron chi connectivity index (χ3n) is 2.89. The van der Waals surface area contributed by atoms with Crippen molar-refractivity contribution in [3.8, 4) is 5.75 Å². The Bertz CT molecular complexity index is 571. The van der Waals surface area contributed by atoms with Gasteiger partial charge in [0.15, 0.2) is 0 Å². The molecule has 0 unspecified atom stereocenters. The number of anilines is 2. The first-order valence-electron chi connectivity index (χ1n) is 6.15. The molecule has 0 atom stereocenters. The Hall–Kier alpha value is -2.61. The van der Waals surface area contributed by atoms with Crippen LogP contribution in [0.3, 0.4) is 0 Å². The molecule has 0 saturated carbocycles. The van der Waals surface area contributed by atoms with E-state index in [1.807, 2.05) is 0 Å². The molecule has 0 aliphatic carbocycles. The number of amides is 3.